The van der Waals surface area contributed by atoms with Crippen LogP contribution in [0.5, 0.6) is 11.5 Å². The fourth-order valence-corrected chi connectivity index (χ4v) is 4.59. The van der Waals surface area contributed by atoms with E-state index < -0.39 is 0 Å². The fourth-order valence-electron chi connectivity index (χ4n) is 4.59. The van der Waals surface area contributed by atoms with E-state index in [0.717, 1.165) is 48.0 Å². The first kappa shape index (κ1) is 21.6. The summed E-state index contributed by atoms with van der Waals surface area (Å²) in [5, 5.41) is 8.14. The number of amides is 1. The molecule has 2 N–H and O–H groups in total. The number of nitrogens with one attached hydrogen (secondary N) is 2. The van der Waals surface area contributed by atoms with Gasteiger partial charge in [0.1, 0.15) is 0 Å². The zero-order valence-corrected chi connectivity index (χ0v) is 19.5. The molecule has 1 amide bonds. The van der Waals surface area contributed by atoms with E-state index in [-0.39, 0.29) is 24.2 Å². The first-order chi connectivity index (χ1) is 15.9. The van der Waals surface area contributed by atoms with E-state index >= 15 is 0 Å². The van der Waals surface area contributed by atoms with E-state index in [9.17, 15) is 4.79 Å². The van der Waals surface area contributed by atoms with E-state index in [2.05, 4.69) is 55.7 Å². The van der Waals surface area contributed by atoms with Crippen LogP contribution in [0, 0.1) is 0 Å². The highest BCUT2D eigenvalue weighted by Gasteiger charge is 2.25. The first-order valence-electron chi connectivity index (χ1n) is 11.7. The number of hydrogen-bond donors (Lipinski definition) is 2. The smallest absolute Gasteiger partial charge is 0.251 e. The average molecular weight is 446 g/mol. The van der Waals surface area contributed by atoms with Crippen LogP contribution in [0.15, 0.2) is 48.5 Å². The molecule has 1 aliphatic carbocycles. The predicted molar refractivity (Wildman–Crippen MR) is 130 cm³/mol. The number of hydrogen-bond acceptors (Lipinski definition) is 5. The molecule has 2 heterocycles. The molecular formula is C27H31N3O3. The Hall–Kier alpha value is -3.28. The van der Waals surface area contributed by atoms with E-state index in [4.69, 9.17) is 14.5 Å². The highest BCUT2D eigenvalue weighted by molar-refractivity contribution is 5.95. The monoisotopic (exact) mass is 445 g/mol. The number of ether oxygens (including phenoxy) is 2. The molecule has 1 fully saturated rings. The number of rotatable bonds is 4. The second kappa shape index (κ2) is 8.58. The molecule has 0 unspecified atom stereocenters. The second-order valence-electron chi connectivity index (χ2n) is 10.1. The van der Waals surface area contributed by atoms with Gasteiger partial charge in [0.05, 0.1) is 5.52 Å². The number of aromatic nitrogens is 1. The van der Waals surface area contributed by atoms with Crippen molar-refractivity contribution >= 4 is 22.5 Å². The number of para-hydroxylation sites is 1. The highest BCUT2D eigenvalue weighted by atomic mass is 16.7. The van der Waals surface area contributed by atoms with Crippen molar-refractivity contribution in [1.29, 1.82) is 0 Å². The van der Waals surface area contributed by atoms with E-state index in [0.29, 0.717) is 23.1 Å². The van der Waals surface area contributed by atoms with Gasteiger partial charge in [0, 0.05) is 39.8 Å². The summed E-state index contributed by atoms with van der Waals surface area (Å²) in [5.41, 5.74) is 3.86. The van der Waals surface area contributed by atoms with E-state index in [1.807, 2.05) is 6.07 Å². The number of carbonyl (C=O) groups is 1. The molecule has 0 saturated heterocycles. The van der Waals surface area contributed by atoms with Gasteiger partial charge in [-0.2, -0.15) is 0 Å². The average Bonchev–Trinajstić information content (AvgIpc) is 3.27. The molecule has 3 aromatic rings. The second-order valence-corrected chi connectivity index (χ2v) is 10.1. The lowest BCUT2D eigenvalue weighted by Gasteiger charge is -2.31. The standard InChI is InChI=1S/C27H31N3O3/c1-27(2,3)25-15-22(20-6-4-5-7-21(20)30-25)28-18-9-11-19(12-10-18)29-26(31)17-8-13-23-24(14-17)33-16-32-23/h4-8,13-15,18-19H,9-12,16H2,1-3H3,(H,28,30)(H,29,31). The summed E-state index contributed by atoms with van der Waals surface area (Å²) in [6, 6.07) is 16.4. The normalized spacial score (nSPS) is 20.0. The molecule has 0 spiro atoms. The zero-order valence-electron chi connectivity index (χ0n) is 19.5. The van der Waals surface area contributed by atoms with Crippen molar-refractivity contribution < 1.29 is 14.3 Å². The topological polar surface area (TPSA) is 72.5 Å². The Bertz CT molecular complexity index is 1180. The minimum absolute atomic E-state index is 0.0167. The van der Waals surface area contributed by atoms with Crippen molar-refractivity contribution in [2.24, 2.45) is 0 Å². The van der Waals surface area contributed by atoms with Gasteiger partial charge in [-0.3, -0.25) is 9.78 Å². The molecule has 33 heavy (non-hydrogen) atoms. The molecule has 1 aliphatic heterocycles. The maximum atomic E-state index is 12.7. The summed E-state index contributed by atoms with van der Waals surface area (Å²) < 4.78 is 10.7. The third kappa shape index (κ3) is 4.61. The van der Waals surface area contributed by atoms with Crippen LogP contribution in [0.2, 0.25) is 0 Å². The summed E-state index contributed by atoms with van der Waals surface area (Å²) in [7, 11) is 0. The quantitative estimate of drug-likeness (QED) is 0.561. The zero-order chi connectivity index (χ0) is 23.0. The number of pyridine rings is 1. The predicted octanol–water partition coefficient (Wildman–Crippen LogP) is 5.41. The van der Waals surface area contributed by atoms with Gasteiger partial charge in [0.2, 0.25) is 6.79 Å². The van der Waals surface area contributed by atoms with Gasteiger partial charge < -0.3 is 20.1 Å². The van der Waals surface area contributed by atoms with E-state index in [1.54, 1.807) is 18.2 Å². The molecule has 6 nitrogen and oxygen atoms in total. The third-order valence-electron chi connectivity index (χ3n) is 6.54. The molecule has 1 saturated carbocycles. The van der Waals surface area contributed by atoms with Gasteiger partial charge in [0.15, 0.2) is 11.5 Å². The van der Waals surface area contributed by atoms with Crippen molar-refractivity contribution in [3.63, 3.8) is 0 Å². The summed E-state index contributed by atoms with van der Waals surface area (Å²) in [5.74, 6) is 1.27. The first-order valence-corrected chi connectivity index (χ1v) is 11.7. The van der Waals surface area contributed by atoms with Crippen molar-refractivity contribution in [3.8, 4) is 11.5 Å². The molecule has 1 aromatic heterocycles. The lowest BCUT2D eigenvalue weighted by atomic mass is 9.89. The number of benzene rings is 2. The SMILES string of the molecule is CC(C)(C)c1cc(NC2CCC(NC(=O)c3ccc4c(c3)OCO4)CC2)c2ccccc2n1. The van der Waals surface area contributed by atoms with Gasteiger partial charge in [0.25, 0.3) is 5.91 Å². The fraction of sp³-hybridized carbons (Fsp3) is 0.407. The van der Waals surface area contributed by atoms with Gasteiger partial charge >= 0.3 is 0 Å². The van der Waals surface area contributed by atoms with Crippen LogP contribution in [0.25, 0.3) is 10.9 Å². The number of nitrogens with zero attached hydrogens (tertiary/aromatic N) is 1. The Kier molecular flexibility index (Phi) is 5.60. The van der Waals surface area contributed by atoms with Gasteiger partial charge in [-0.15, -0.1) is 0 Å². The van der Waals surface area contributed by atoms with Crippen LogP contribution in [0.1, 0.15) is 62.5 Å². The molecule has 0 radical (unpaired) electrons. The van der Waals surface area contributed by atoms with Crippen molar-refractivity contribution in [2.75, 3.05) is 12.1 Å². The molecule has 5 rings (SSSR count). The summed E-state index contributed by atoms with van der Waals surface area (Å²) >= 11 is 0. The molecule has 2 aliphatic rings. The number of carbonyl (C=O) groups excluding carboxylic acids is 1. The van der Waals surface area contributed by atoms with Crippen molar-refractivity contribution in [2.45, 2.75) is 64.0 Å². The third-order valence-corrected chi connectivity index (χ3v) is 6.54. The lowest BCUT2D eigenvalue weighted by Crippen LogP contribution is -2.40. The van der Waals surface area contributed by atoms with Crippen LogP contribution in [-0.4, -0.2) is 29.8 Å². The Morgan fingerprint density at radius 2 is 1.67 bits per heavy atom. The molecule has 0 bridgehead atoms. The summed E-state index contributed by atoms with van der Waals surface area (Å²) in [4.78, 5) is 17.6. The van der Waals surface area contributed by atoms with Gasteiger partial charge in [-0.25, -0.2) is 0 Å². The molecule has 6 heteroatoms. The van der Waals surface area contributed by atoms with Crippen molar-refractivity contribution in [1.82, 2.24) is 10.3 Å². The number of fused-ring (bicyclic) bond motifs is 2. The Morgan fingerprint density at radius 1 is 0.939 bits per heavy atom. The molecule has 0 atom stereocenters. The molecular weight excluding hydrogens is 414 g/mol. The van der Waals surface area contributed by atoms with Gasteiger partial charge in [-0.05, 0) is 56.0 Å². The van der Waals surface area contributed by atoms with Crippen LogP contribution >= 0.6 is 0 Å². The highest BCUT2D eigenvalue weighted by Crippen LogP contribution is 2.33. The van der Waals surface area contributed by atoms with E-state index in [1.165, 1.54) is 0 Å². The Labute approximate surface area is 194 Å². The maximum absolute atomic E-state index is 12.7. The van der Waals surface area contributed by atoms with Crippen molar-refractivity contribution in [3.05, 3.63) is 59.8 Å². The minimum Gasteiger partial charge on any atom is -0.454 e. The Balaban J connectivity index is 1.23. The van der Waals surface area contributed by atoms with Crippen LogP contribution in [0.3, 0.4) is 0 Å². The van der Waals surface area contributed by atoms with Gasteiger partial charge in [-0.1, -0.05) is 39.0 Å². The largest absolute Gasteiger partial charge is 0.454 e. The lowest BCUT2D eigenvalue weighted by molar-refractivity contribution is 0.0926. The van der Waals surface area contributed by atoms with Crippen LogP contribution < -0.4 is 20.1 Å². The van der Waals surface area contributed by atoms with Crippen LogP contribution in [0.4, 0.5) is 5.69 Å². The maximum Gasteiger partial charge on any atom is 0.251 e. The minimum atomic E-state index is -0.0559. The van der Waals surface area contributed by atoms with Crippen LogP contribution in [-0.2, 0) is 5.41 Å². The molecule has 2 aromatic carbocycles. The molecule has 172 valence electrons. The number of anilines is 1. The Morgan fingerprint density at radius 3 is 2.45 bits per heavy atom. The summed E-state index contributed by atoms with van der Waals surface area (Å²) in [6.45, 7) is 6.80. The summed E-state index contributed by atoms with van der Waals surface area (Å²) in [6.07, 6.45) is 3.91.